The molecular weight excluding hydrogens is 250 g/mol. The van der Waals surface area contributed by atoms with Gasteiger partial charge in [-0.25, -0.2) is 5.43 Å². The standard InChI is InChI=1S/C16H17N3O/c20-16(3-1-9-2-4-17-14(9)8-16)15-12-6-10-5-11(10)7-13(12)18-19-15/h1-3,5,7-8,10,12,15,17-20H,4,6H2. The second-order valence-corrected chi connectivity index (χ2v) is 6.28. The number of aliphatic hydroxyl groups is 1. The van der Waals surface area contributed by atoms with Crippen LogP contribution in [0.15, 0.2) is 59.0 Å². The van der Waals surface area contributed by atoms with Gasteiger partial charge in [-0.1, -0.05) is 18.2 Å². The lowest BCUT2D eigenvalue weighted by Crippen LogP contribution is -2.51. The summed E-state index contributed by atoms with van der Waals surface area (Å²) in [5.41, 5.74) is 10.5. The number of rotatable bonds is 1. The summed E-state index contributed by atoms with van der Waals surface area (Å²) in [5.74, 6) is 0.984. The van der Waals surface area contributed by atoms with Crippen LogP contribution in [0.5, 0.6) is 0 Å². The van der Waals surface area contributed by atoms with Gasteiger partial charge in [-0.2, -0.15) is 0 Å². The lowest BCUT2D eigenvalue weighted by Gasteiger charge is -2.34. The third kappa shape index (κ3) is 1.38. The lowest BCUT2D eigenvalue weighted by atomic mass is 9.77. The minimum absolute atomic E-state index is 0.0167. The number of fused-ring (bicyclic) bond motifs is 3. The largest absolute Gasteiger partial charge is 0.381 e. The molecular formula is C16H17N3O. The maximum atomic E-state index is 11.1. The number of hydrogen-bond donors (Lipinski definition) is 4. The van der Waals surface area contributed by atoms with Gasteiger partial charge < -0.3 is 15.8 Å². The Labute approximate surface area is 117 Å². The summed E-state index contributed by atoms with van der Waals surface area (Å²) in [5, 5.41) is 14.4. The SMILES string of the molecule is OC1(C2NNC3=CC4=CC4CC32)C=CC2=CCNC2=C1. The van der Waals surface area contributed by atoms with E-state index in [0.29, 0.717) is 11.8 Å². The molecule has 20 heavy (non-hydrogen) atoms. The zero-order valence-corrected chi connectivity index (χ0v) is 11.1. The molecule has 102 valence electrons. The molecule has 0 aromatic heterocycles. The Bertz CT molecular complexity index is 655. The second kappa shape index (κ2) is 3.45. The molecule has 4 atom stereocenters. The van der Waals surface area contributed by atoms with Crippen molar-refractivity contribution in [3.05, 3.63) is 59.0 Å². The fourth-order valence-corrected chi connectivity index (χ4v) is 3.85. The maximum Gasteiger partial charge on any atom is 0.121 e. The molecule has 1 saturated heterocycles. The van der Waals surface area contributed by atoms with E-state index in [2.05, 4.69) is 34.4 Å². The number of nitrogens with one attached hydrogen (secondary N) is 3. The van der Waals surface area contributed by atoms with E-state index in [4.69, 9.17) is 0 Å². The first-order valence-corrected chi connectivity index (χ1v) is 7.27. The van der Waals surface area contributed by atoms with E-state index in [9.17, 15) is 5.11 Å². The fourth-order valence-electron chi connectivity index (χ4n) is 3.85. The summed E-state index contributed by atoms with van der Waals surface area (Å²) in [6.45, 7) is 0.849. The Kier molecular flexibility index (Phi) is 1.89. The highest BCUT2D eigenvalue weighted by Gasteiger charge is 2.48. The van der Waals surface area contributed by atoms with Crippen LogP contribution in [0.4, 0.5) is 0 Å². The fraction of sp³-hybridized carbons (Fsp3) is 0.375. The molecule has 0 amide bonds. The van der Waals surface area contributed by atoms with Crippen molar-refractivity contribution in [2.75, 3.05) is 6.54 Å². The molecule has 1 fully saturated rings. The van der Waals surface area contributed by atoms with Gasteiger partial charge in [0.1, 0.15) is 5.60 Å². The molecule has 0 spiro atoms. The first kappa shape index (κ1) is 10.9. The molecule has 0 aromatic carbocycles. The molecule has 0 radical (unpaired) electrons. The first-order chi connectivity index (χ1) is 9.73. The van der Waals surface area contributed by atoms with Gasteiger partial charge in [0.15, 0.2) is 0 Å². The number of hydrazine groups is 1. The topological polar surface area (TPSA) is 56.3 Å². The molecule has 3 aliphatic carbocycles. The predicted octanol–water partition coefficient (Wildman–Crippen LogP) is 0.637. The van der Waals surface area contributed by atoms with Gasteiger partial charge in [0.25, 0.3) is 0 Å². The van der Waals surface area contributed by atoms with Crippen molar-refractivity contribution < 1.29 is 5.11 Å². The minimum Gasteiger partial charge on any atom is -0.381 e. The van der Waals surface area contributed by atoms with E-state index < -0.39 is 5.60 Å². The Balaban J connectivity index is 1.50. The van der Waals surface area contributed by atoms with Crippen LogP contribution in [0, 0.1) is 11.8 Å². The van der Waals surface area contributed by atoms with Gasteiger partial charge in [-0.3, -0.25) is 0 Å². The summed E-state index contributed by atoms with van der Waals surface area (Å²) in [6, 6.07) is -0.0167. The van der Waals surface area contributed by atoms with Gasteiger partial charge in [-0.15, -0.1) is 0 Å². The van der Waals surface area contributed by atoms with E-state index in [1.807, 2.05) is 18.2 Å². The molecule has 2 heterocycles. The Hall–Kier alpha value is -1.78. The molecule has 4 unspecified atom stereocenters. The monoisotopic (exact) mass is 267 g/mol. The number of allylic oxidation sites excluding steroid dienone is 4. The van der Waals surface area contributed by atoms with Crippen LogP contribution in [0.3, 0.4) is 0 Å². The molecule has 2 aliphatic heterocycles. The summed E-state index contributed by atoms with van der Waals surface area (Å²) in [6.07, 6.45) is 13.7. The third-order valence-electron chi connectivity index (χ3n) is 5.05. The van der Waals surface area contributed by atoms with Crippen LogP contribution in [-0.4, -0.2) is 23.3 Å². The molecule has 0 saturated carbocycles. The average Bonchev–Trinajstić information content (AvgIpc) is 2.83. The van der Waals surface area contributed by atoms with Crippen molar-refractivity contribution in [1.82, 2.24) is 16.2 Å². The van der Waals surface area contributed by atoms with Gasteiger partial charge in [0.2, 0.25) is 0 Å². The van der Waals surface area contributed by atoms with Crippen LogP contribution in [0.1, 0.15) is 6.42 Å². The zero-order chi connectivity index (χ0) is 13.3. The molecule has 5 rings (SSSR count). The zero-order valence-electron chi connectivity index (χ0n) is 11.1. The summed E-state index contributed by atoms with van der Waals surface area (Å²) in [7, 11) is 0. The molecule has 0 aromatic rings. The Morgan fingerprint density at radius 3 is 3.25 bits per heavy atom. The second-order valence-electron chi connectivity index (χ2n) is 6.28. The van der Waals surface area contributed by atoms with Crippen molar-refractivity contribution in [3.8, 4) is 0 Å². The van der Waals surface area contributed by atoms with Crippen molar-refractivity contribution in [2.24, 2.45) is 11.8 Å². The molecule has 0 bridgehead atoms. The van der Waals surface area contributed by atoms with Crippen LogP contribution in [0.25, 0.3) is 0 Å². The van der Waals surface area contributed by atoms with Crippen LogP contribution >= 0.6 is 0 Å². The van der Waals surface area contributed by atoms with Crippen molar-refractivity contribution >= 4 is 0 Å². The summed E-state index contributed by atoms with van der Waals surface area (Å²) < 4.78 is 0. The van der Waals surface area contributed by atoms with Crippen molar-refractivity contribution in [1.29, 1.82) is 0 Å². The van der Waals surface area contributed by atoms with Crippen LogP contribution < -0.4 is 16.2 Å². The maximum absolute atomic E-state index is 11.1. The van der Waals surface area contributed by atoms with E-state index >= 15 is 0 Å². The Morgan fingerprint density at radius 1 is 1.35 bits per heavy atom. The van der Waals surface area contributed by atoms with Gasteiger partial charge in [-0.05, 0) is 35.8 Å². The summed E-state index contributed by atoms with van der Waals surface area (Å²) in [4.78, 5) is 0. The molecule has 4 N–H and O–H groups in total. The van der Waals surface area contributed by atoms with E-state index in [1.165, 1.54) is 16.8 Å². The quantitative estimate of drug-likeness (QED) is 0.563. The van der Waals surface area contributed by atoms with Gasteiger partial charge in [0.05, 0.1) is 6.04 Å². The first-order valence-electron chi connectivity index (χ1n) is 7.27. The smallest absolute Gasteiger partial charge is 0.121 e. The van der Waals surface area contributed by atoms with Crippen molar-refractivity contribution in [3.63, 3.8) is 0 Å². The van der Waals surface area contributed by atoms with Crippen LogP contribution in [0.2, 0.25) is 0 Å². The molecule has 4 nitrogen and oxygen atoms in total. The molecule has 4 heteroatoms. The van der Waals surface area contributed by atoms with E-state index in [-0.39, 0.29) is 6.04 Å². The minimum atomic E-state index is -0.941. The van der Waals surface area contributed by atoms with Crippen LogP contribution in [-0.2, 0) is 0 Å². The van der Waals surface area contributed by atoms with Gasteiger partial charge >= 0.3 is 0 Å². The van der Waals surface area contributed by atoms with Crippen molar-refractivity contribution in [2.45, 2.75) is 18.1 Å². The van der Waals surface area contributed by atoms with E-state index in [1.54, 1.807) is 0 Å². The number of hydrogen-bond acceptors (Lipinski definition) is 4. The lowest BCUT2D eigenvalue weighted by molar-refractivity contribution is 0.0808. The summed E-state index contributed by atoms with van der Waals surface area (Å²) >= 11 is 0. The van der Waals surface area contributed by atoms with E-state index in [0.717, 1.165) is 18.7 Å². The van der Waals surface area contributed by atoms with Gasteiger partial charge in [0, 0.05) is 29.8 Å². The highest BCUT2D eigenvalue weighted by atomic mass is 16.3. The third-order valence-corrected chi connectivity index (χ3v) is 5.05. The predicted molar refractivity (Wildman–Crippen MR) is 76.1 cm³/mol. The highest BCUT2D eigenvalue weighted by Crippen LogP contribution is 2.47. The molecule has 5 aliphatic rings. The Morgan fingerprint density at radius 2 is 2.30 bits per heavy atom. The average molecular weight is 267 g/mol. The normalized spacial score (nSPS) is 43.1. The highest BCUT2D eigenvalue weighted by molar-refractivity contribution is 5.52.